The number of hydrogen-bond donors (Lipinski definition) is 2. The van der Waals surface area contributed by atoms with E-state index in [1.165, 1.54) is 0 Å². The number of rotatable bonds is 3. The van der Waals surface area contributed by atoms with Crippen molar-refractivity contribution in [3.8, 4) is 16.9 Å². The topological polar surface area (TPSA) is 81.0 Å². The summed E-state index contributed by atoms with van der Waals surface area (Å²) in [6.07, 6.45) is 0.829. The molecule has 2 aromatic rings. The standard InChI is InChI=1S/C13H15N3O2/c1-3-8-6-9(4-5-11(8)18-2)10-7-12(14)15-16-13(10)17/h4-7H,3H2,1-2H3,(H2,14,15)(H,16,17). The van der Waals surface area contributed by atoms with E-state index in [1.807, 2.05) is 25.1 Å². The van der Waals surface area contributed by atoms with Crippen LogP contribution in [0, 0.1) is 0 Å². The molecule has 0 aliphatic heterocycles. The van der Waals surface area contributed by atoms with Crippen molar-refractivity contribution in [1.29, 1.82) is 0 Å². The highest BCUT2D eigenvalue weighted by molar-refractivity contribution is 5.66. The van der Waals surface area contributed by atoms with E-state index in [9.17, 15) is 4.79 Å². The van der Waals surface area contributed by atoms with Gasteiger partial charge in [0, 0.05) is 0 Å². The van der Waals surface area contributed by atoms with Gasteiger partial charge in [0.1, 0.15) is 11.6 Å². The zero-order chi connectivity index (χ0) is 13.1. The van der Waals surface area contributed by atoms with Crippen molar-refractivity contribution in [3.63, 3.8) is 0 Å². The van der Waals surface area contributed by atoms with Crippen molar-refractivity contribution in [2.24, 2.45) is 0 Å². The van der Waals surface area contributed by atoms with Crippen LogP contribution in [0.3, 0.4) is 0 Å². The molecule has 1 aromatic carbocycles. The largest absolute Gasteiger partial charge is 0.496 e. The number of nitrogens with two attached hydrogens (primary N) is 1. The SMILES string of the molecule is CCc1cc(-c2cc(N)n[nH]c2=O)ccc1OC. The van der Waals surface area contributed by atoms with Crippen molar-refractivity contribution < 1.29 is 4.74 Å². The minimum absolute atomic E-state index is 0.253. The van der Waals surface area contributed by atoms with E-state index < -0.39 is 0 Å². The quantitative estimate of drug-likeness (QED) is 0.860. The summed E-state index contributed by atoms with van der Waals surface area (Å²) >= 11 is 0. The van der Waals surface area contributed by atoms with Gasteiger partial charge in [0.15, 0.2) is 0 Å². The summed E-state index contributed by atoms with van der Waals surface area (Å²) in [5.41, 5.74) is 7.70. The second-order valence-corrected chi connectivity index (χ2v) is 3.92. The average molecular weight is 245 g/mol. The van der Waals surface area contributed by atoms with E-state index in [1.54, 1.807) is 13.2 Å². The molecule has 0 unspecified atom stereocenters. The maximum atomic E-state index is 11.7. The number of aromatic amines is 1. The summed E-state index contributed by atoms with van der Waals surface area (Å²) in [6, 6.07) is 7.19. The molecule has 0 atom stereocenters. The molecule has 0 saturated heterocycles. The Morgan fingerprint density at radius 1 is 1.39 bits per heavy atom. The summed E-state index contributed by atoms with van der Waals surface area (Å²) in [6.45, 7) is 2.03. The van der Waals surface area contributed by atoms with Crippen LogP contribution in [-0.2, 0) is 6.42 Å². The van der Waals surface area contributed by atoms with E-state index in [0.29, 0.717) is 11.4 Å². The van der Waals surface area contributed by atoms with E-state index in [0.717, 1.165) is 23.3 Å². The number of methoxy groups -OCH3 is 1. The number of nitrogens with one attached hydrogen (secondary N) is 1. The van der Waals surface area contributed by atoms with Gasteiger partial charge in [-0.1, -0.05) is 13.0 Å². The highest BCUT2D eigenvalue weighted by Gasteiger charge is 2.08. The number of aryl methyl sites for hydroxylation is 1. The lowest BCUT2D eigenvalue weighted by Crippen LogP contribution is -2.12. The first kappa shape index (κ1) is 12.2. The Kier molecular flexibility index (Phi) is 3.32. The zero-order valence-corrected chi connectivity index (χ0v) is 10.4. The van der Waals surface area contributed by atoms with Crippen molar-refractivity contribution in [2.75, 3.05) is 12.8 Å². The minimum atomic E-state index is -0.253. The molecule has 5 heteroatoms. The number of H-pyrrole nitrogens is 1. The Morgan fingerprint density at radius 3 is 2.83 bits per heavy atom. The molecule has 0 spiro atoms. The van der Waals surface area contributed by atoms with Crippen molar-refractivity contribution in [3.05, 3.63) is 40.2 Å². The van der Waals surface area contributed by atoms with Crippen LogP contribution in [0.15, 0.2) is 29.1 Å². The Morgan fingerprint density at radius 2 is 2.17 bits per heavy atom. The maximum absolute atomic E-state index is 11.7. The molecule has 1 aromatic heterocycles. The molecule has 0 bridgehead atoms. The van der Waals surface area contributed by atoms with Crippen molar-refractivity contribution in [2.45, 2.75) is 13.3 Å². The number of anilines is 1. The molecular weight excluding hydrogens is 230 g/mol. The van der Waals surface area contributed by atoms with Crippen LogP contribution in [0.25, 0.3) is 11.1 Å². The molecule has 0 radical (unpaired) electrons. The number of nitrogens with zero attached hydrogens (tertiary/aromatic N) is 1. The highest BCUT2D eigenvalue weighted by Crippen LogP contribution is 2.25. The lowest BCUT2D eigenvalue weighted by molar-refractivity contribution is 0.410. The number of aromatic nitrogens is 2. The first-order chi connectivity index (χ1) is 8.65. The van der Waals surface area contributed by atoms with E-state index in [4.69, 9.17) is 10.5 Å². The van der Waals surface area contributed by atoms with E-state index in [-0.39, 0.29) is 5.56 Å². The fourth-order valence-electron chi connectivity index (χ4n) is 1.86. The normalized spacial score (nSPS) is 10.3. The molecule has 0 saturated carbocycles. The maximum Gasteiger partial charge on any atom is 0.272 e. The van der Waals surface area contributed by atoms with Gasteiger partial charge in [0.2, 0.25) is 0 Å². The first-order valence-electron chi connectivity index (χ1n) is 5.68. The summed E-state index contributed by atoms with van der Waals surface area (Å²) in [5, 5.41) is 6.03. The lowest BCUT2D eigenvalue weighted by Gasteiger charge is -2.09. The highest BCUT2D eigenvalue weighted by atomic mass is 16.5. The zero-order valence-electron chi connectivity index (χ0n) is 10.4. The van der Waals surface area contributed by atoms with Crippen LogP contribution in [0.4, 0.5) is 5.82 Å². The molecule has 1 heterocycles. The molecule has 3 N–H and O–H groups in total. The van der Waals surface area contributed by atoms with Gasteiger partial charge in [0.05, 0.1) is 12.7 Å². The second kappa shape index (κ2) is 4.91. The van der Waals surface area contributed by atoms with Gasteiger partial charge in [0.25, 0.3) is 5.56 Å². The third-order valence-corrected chi connectivity index (χ3v) is 2.80. The Balaban J connectivity index is 2.57. The Labute approximate surface area is 105 Å². The average Bonchev–Trinajstić information content (AvgIpc) is 2.40. The van der Waals surface area contributed by atoms with Gasteiger partial charge < -0.3 is 10.5 Å². The second-order valence-electron chi connectivity index (χ2n) is 3.92. The van der Waals surface area contributed by atoms with Gasteiger partial charge in [-0.2, -0.15) is 5.10 Å². The van der Waals surface area contributed by atoms with Gasteiger partial charge in [-0.3, -0.25) is 4.79 Å². The third kappa shape index (κ3) is 2.20. The number of ether oxygens (including phenoxy) is 1. The Hall–Kier alpha value is -2.30. The van der Waals surface area contributed by atoms with Gasteiger partial charge in [-0.15, -0.1) is 0 Å². The number of benzene rings is 1. The molecule has 0 amide bonds. The predicted octanol–water partition coefficient (Wildman–Crippen LogP) is 1.59. The van der Waals surface area contributed by atoms with Gasteiger partial charge in [-0.05, 0) is 35.7 Å². The summed E-state index contributed by atoms with van der Waals surface area (Å²) in [7, 11) is 1.63. The predicted molar refractivity (Wildman–Crippen MR) is 70.6 cm³/mol. The van der Waals surface area contributed by atoms with Crippen molar-refractivity contribution in [1.82, 2.24) is 10.2 Å². The van der Waals surface area contributed by atoms with Gasteiger partial charge in [-0.25, -0.2) is 5.10 Å². The van der Waals surface area contributed by atoms with E-state index >= 15 is 0 Å². The van der Waals surface area contributed by atoms with Crippen LogP contribution in [0.2, 0.25) is 0 Å². The van der Waals surface area contributed by atoms with E-state index in [2.05, 4.69) is 10.2 Å². The van der Waals surface area contributed by atoms with Crippen LogP contribution >= 0.6 is 0 Å². The lowest BCUT2D eigenvalue weighted by atomic mass is 10.0. The molecule has 94 valence electrons. The summed E-state index contributed by atoms with van der Waals surface area (Å²) in [5.74, 6) is 1.11. The molecule has 0 fully saturated rings. The van der Waals surface area contributed by atoms with Crippen molar-refractivity contribution >= 4 is 5.82 Å². The van der Waals surface area contributed by atoms with Crippen LogP contribution in [0.1, 0.15) is 12.5 Å². The molecule has 5 nitrogen and oxygen atoms in total. The Bertz CT molecular complexity index is 620. The monoisotopic (exact) mass is 245 g/mol. The summed E-state index contributed by atoms with van der Waals surface area (Å²) < 4.78 is 5.26. The molecule has 18 heavy (non-hydrogen) atoms. The molecular formula is C13H15N3O2. The first-order valence-corrected chi connectivity index (χ1v) is 5.68. The van der Waals surface area contributed by atoms with Crippen LogP contribution < -0.4 is 16.0 Å². The molecule has 2 rings (SSSR count). The fraction of sp³-hybridized carbons (Fsp3) is 0.231. The van der Waals surface area contributed by atoms with Gasteiger partial charge >= 0.3 is 0 Å². The molecule has 0 aliphatic rings. The number of nitrogen functional groups attached to an aromatic ring is 1. The fourth-order valence-corrected chi connectivity index (χ4v) is 1.86. The molecule has 0 aliphatic carbocycles. The van der Waals surface area contributed by atoms with Crippen LogP contribution in [0.5, 0.6) is 5.75 Å². The third-order valence-electron chi connectivity index (χ3n) is 2.80. The number of hydrogen-bond acceptors (Lipinski definition) is 4. The minimum Gasteiger partial charge on any atom is -0.496 e. The van der Waals surface area contributed by atoms with Crippen LogP contribution in [-0.4, -0.2) is 17.3 Å². The smallest absolute Gasteiger partial charge is 0.272 e. The summed E-state index contributed by atoms with van der Waals surface area (Å²) in [4.78, 5) is 11.7.